The fourth-order valence-corrected chi connectivity index (χ4v) is 3.02. The number of unbranched alkanes of at least 4 members (excludes halogenated alkanes) is 1. The molecular formula is C18H27NO2. The molecule has 0 atom stereocenters. The van der Waals surface area contributed by atoms with Crippen molar-refractivity contribution in [2.75, 3.05) is 0 Å². The summed E-state index contributed by atoms with van der Waals surface area (Å²) in [5.41, 5.74) is 3.60. The zero-order valence-electron chi connectivity index (χ0n) is 12.9. The summed E-state index contributed by atoms with van der Waals surface area (Å²) in [6, 6.07) is 9.86. The minimum atomic E-state index is -0.00502. The maximum Gasteiger partial charge on any atom is 0.243 e. The van der Waals surface area contributed by atoms with Gasteiger partial charge in [-0.1, -0.05) is 75.3 Å². The molecule has 1 aliphatic carbocycles. The number of hydrogen-bond acceptors (Lipinski definition) is 2. The molecule has 0 spiro atoms. The molecule has 2 rings (SSSR count). The number of carbonyl (C=O) groups is 1. The van der Waals surface area contributed by atoms with Gasteiger partial charge in [0.25, 0.3) is 0 Å². The van der Waals surface area contributed by atoms with E-state index in [1.54, 1.807) is 0 Å². The van der Waals surface area contributed by atoms with Gasteiger partial charge >= 0.3 is 0 Å². The Morgan fingerprint density at radius 3 is 2.62 bits per heavy atom. The van der Waals surface area contributed by atoms with E-state index in [1.165, 1.54) is 38.5 Å². The van der Waals surface area contributed by atoms with Crippen LogP contribution < -0.4 is 5.48 Å². The standard InChI is InChI=1S/C18H27NO2/c20-18(19-21-15-17-12-5-2-6-13-17)14-8-7-11-16-9-3-1-4-10-16/h2,5-6,12-13,16H,1,3-4,7-11,14-15H2,(H,19,20). The smallest absolute Gasteiger partial charge is 0.243 e. The molecule has 1 fully saturated rings. The molecule has 0 heterocycles. The van der Waals surface area contributed by atoms with Crippen molar-refractivity contribution < 1.29 is 9.63 Å². The van der Waals surface area contributed by atoms with E-state index >= 15 is 0 Å². The monoisotopic (exact) mass is 289 g/mol. The normalized spacial score (nSPS) is 15.8. The highest BCUT2D eigenvalue weighted by atomic mass is 16.6. The van der Waals surface area contributed by atoms with E-state index < -0.39 is 0 Å². The van der Waals surface area contributed by atoms with Crippen LogP contribution in [0.15, 0.2) is 30.3 Å². The van der Waals surface area contributed by atoms with Gasteiger partial charge in [-0.3, -0.25) is 9.63 Å². The molecule has 0 saturated heterocycles. The molecular weight excluding hydrogens is 262 g/mol. The molecule has 0 radical (unpaired) electrons. The molecule has 1 saturated carbocycles. The number of hydroxylamine groups is 1. The second-order valence-corrected chi connectivity index (χ2v) is 6.05. The van der Waals surface area contributed by atoms with Gasteiger partial charge in [0.05, 0.1) is 6.61 Å². The van der Waals surface area contributed by atoms with Crippen molar-refractivity contribution in [1.29, 1.82) is 0 Å². The number of amides is 1. The van der Waals surface area contributed by atoms with Crippen molar-refractivity contribution in [3.05, 3.63) is 35.9 Å². The fraction of sp³-hybridized carbons (Fsp3) is 0.611. The van der Waals surface area contributed by atoms with Crippen LogP contribution in [0.4, 0.5) is 0 Å². The van der Waals surface area contributed by atoms with Gasteiger partial charge in [-0.25, -0.2) is 5.48 Å². The molecule has 0 aromatic heterocycles. The Bertz CT molecular complexity index is 399. The van der Waals surface area contributed by atoms with Gasteiger partial charge in [-0.15, -0.1) is 0 Å². The second kappa shape index (κ2) is 9.56. The first kappa shape index (κ1) is 16.0. The summed E-state index contributed by atoms with van der Waals surface area (Å²) in [4.78, 5) is 16.9. The predicted octanol–water partition coefficient (Wildman–Crippen LogP) is 4.38. The Labute approximate surface area is 128 Å². The van der Waals surface area contributed by atoms with Crippen LogP contribution in [0.1, 0.15) is 63.4 Å². The van der Waals surface area contributed by atoms with E-state index in [0.29, 0.717) is 13.0 Å². The third-order valence-corrected chi connectivity index (χ3v) is 4.26. The van der Waals surface area contributed by atoms with Crippen molar-refractivity contribution in [2.24, 2.45) is 5.92 Å². The van der Waals surface area contributed by atoms with Crippen LogP contribution in [0, 0.1) is 5.92 Å². The average Bonchev–Trinajstić information content (AvgIpc) is 2.54. The Morgan fingerprint density at radius 1 is 1.10 bits per heavy atom. The highest BCUT2D eigenvalue weighted by Crippen LogP contribution is 2.27. The zero-order chi connectivity index (χ0) is 14.8. The lowest BCUT2D eigenvalue weighted by Crippen LogP contribution is -2.23. The van der Waals surface area contributed by atoms with Crippen molar-refractivity contribution >= 4 is 5.91 Å². The number of nitrogens with one attached hydrogen (secondary N) is 1. The lowest BCUT2D eigenvalue weighted by Gasteiger charge is -2.21. The first-order valence-electron chi connectivity index (χ1n) is 8.29. The van der Waals surface area contributed by atoms with Crippen molar-refractivity contribution in [1.82, 2.24) is 5.48 Å². The Hall–Kier alpha value is -1.35. The molecule has 3 nitrogen and oxygen atoms in total. The molecule has 0 unspecified atom stereocenters. The lowest BCUT2D eigenvalue weighted by molar-refractivity contribution is -0.134. The van der Waals surface area contributed by atoms with Crippen LogP contribution in [0.5, 0.6) is 0 Å². The summed E-state index contributed by atoms with van der Waals surface area (Å²) < 4.78 is 0. The molecule has 1 N–H and O–H groups in total. The van der Waals surface area contributed by atoms with E-state index in [4.69, 9.17) is 4.84 Å². The maximum atomic E-state index is 11.6. The van der Waals surface area contributed by atoms with E-state index in [2.05, 4.69) is 5.48 Å². The van der Waals surface area contributed by atoms with Crippen LogP contribution in [-0.4, -0.2) is 5.91 Å². The molecule has 116 valence electrons. The lowest BCUT2D eigenvalue weighted by atomic mass is 9.85. The fourth-order valence-electron chi connectivity index (χ4n) is 3.02. The summed E-state index contributed by atoms with van der Waals surface area (Å²) in [5, 5.41) is 0. The van der Waals surface area contributed by atoms with Crippen molar-refractivity contribution in [3.8, 4) is 0 Å². The van der Waals surface area contributed by atoms with Crippen LogP contribution in [0.25, 0.3) is 0 Å². The van der Waals surface area contributed by atoms with Crippen molar-refractivity contribution in [3.63, 3.8) is 0 Å². The minimum Gasteiger partial charge on any atom is -0.273 e. The summed E-state index contributed by atoms with van der Waals surface area (Å²) in [7, 11) is 0. The number of carbonyl (C=O) groups excluding carboxylic acids is 1. The van der Waals surface area contributed by atoms with Gasteiger partial charge in [0.15, 0.2) is 0 Å². The van der Waals surface area contributed by atoms with Gasteiger partial charge in [-0.2, -0.15) is 0 Å². The second-order valence-electron chi connectivity index (χ2n) is 6.05. The summed E-state index contributed by atoms with van der Waals surface area (Å²) in [6.45, 7) is 0.425. The molecule has 0 bridgehead atoms. The summed E-state index contributed by atoms with van der Waals surface area (Å²) in [5.74, 6) is 0.908. The van der Waals surface area contributed by atoms with Gasteiger partial charge in [0, 0.05) is 6.42 Å². The molecule has 1 aromatic carbocycles. The first-order chi connectivity index (χ1) is 10.3. The zero-order valence-corrected chi connectivity index (χ0v) is 12.9. The third-order valence-electron chi connectivity index (χ3n) is 4.26. The quantitative estimate of drug-likeness (QED) is 0.570. The molecule has 1 amide bonds. The van der Waals surface area contributed by atoms with Crippen LogP contribution in [0.3, 0.4) is 0 Å². The SMILES string of the molecule is O=C(CCCCC1CCCCC1)NOCc1ccccc1. The molecule has 0 aliphatic heterocycles. The van der Waals surface area contributed by atoms with Gasteiger partial charge in [0.1, 0.15) is 0 Å². The predicted molar refractivity (Wildman–Crippen MR) is 84.4 cm³/mol. The average molecular weight is 289 g/mol. The minimum absolute atomic E-state index is 0.00502. The van der Waals surface area contributed by atoms with E-state index in [1.807, 2.05) is 30.3 Å². The summed E-state index contributed by atoms with van der Waals surface area (Å²) in [6.07, 6.45) is 11.0. The third kappa shape index (κ3) is 6.76. The van der Waals surface area contributed by atoms with E-state index in [9.17, 15) is 4.79 Å². The largest absolute Gasteiger partial charge is 0.273 e. The topological polar surface area (TPSA) is 38.3 Å². The van der Waals surface area contributed by atoms with Crippen LogP contribution in [-0.2, 0) is 16.2 Å². The Morgan fingerprint density at radius 2 is 1.86 bits per heavy atom. The Balaban J connectivity index is 1.47. The summed E-state index contributed by atoms with van der Waals surface area (Å²) >= 11 is 0. The van der Waals surface area contributed by atoms with Gasteiger partial charge in [-0.05, 0) is 17.9 Å². The molecule has 1 aromatic rings. The number of hydrogen-bond donors (Lipinski definition) is 1. The maximum absolute atomic E-state index is 11.6. The molecule has 21 heavy (non-hydrogen) atoms. The van der Waals surface area contributed by atoms with Crippen LogP contribution in [0.2, 0.25) is 0 Å². The highest BCUT2D eigenvalue weighted by molar-refractivity contribution is 5.74. The molecule has 1 aliphatic rings. The number of benzene rings is 1. The first-order valence-corrected chi connectivity index (χ1v) is 8.29. The van der Waals surface area contributed by atoms with Gasteiger partial charge < -0.3 is 0 Å². The van der Waals surface area contributed by atoms with Gasteiger partial charge in [0.2, 0.25) is 5.91 Å². The number of rotatable bonds is 8. The van der Waals surface area contributed by atoms with E-state index in [0.717, 1.165) is 24.3 Å². The van der Waals surface area contributed by atoms with E-state index in [-0.39, 0.29) is 5.91 Å². The highest BCUT2D eigenvalue weighted by Gasteiger charge is 2.12. The molecule has 3 heteroatoms. The van der Waals surface area contributed by atoms with Crippen LogP contribution >= 0.6 is 0 Å². The van der Waals surface area contributed by atoms with Crippen molar-refractivity contribution in [2.45, 2.75) is 64.4 Å². The Kier molecular flexibility index (Phi) is 7.30.